The lowest BCUT2D eigenvalue weighted by Gasteiger charge is -2.17. The third-order valence-corrected chi connectivity index (χ3v) is 4.62. The zero-order valence-electron chi connectivity index (χ0n) is 14.6. The van der Waals surface area contributed by atoms with Crippen LogP contribution in [-0.2, 0) is 4.79 Å². The minimum absolute atomic E-state index is 0.0767. The molecule has 1 aliphatic heterocycles. The number of H-pyrrole nitrogens is 1. The van der Waals surface area contributed by atoms with E-state index in [0.717, 1.165) is 6.07 Å². The van der Waals surface area contributed by atoms with Crippen molar-refractivity contribution in [2.75, 3.05) is 20.1 Å². The molecular weight excluding hydrogens is 339 g/mol. The van der Waals surface area contributed by atoms with Gasteiger partial charge in [0.25, 0.3) is 5.91 Å². The van der Waals surface area contributed by atoms with Crippen LogP contribution in [0.4, 0.5) is 4.39 Å². The van der Waals surface area contributed by atoms with Crippen molar-refractivity contribution in [3.8, 4) is 0 Å². The Hall–Kier alpha value is -2.74. The summed E-state index contributed by atoms with van der Waals surface area (Å²) in [6, 6.07) is 3.25. The van der Waals surface area contributed by atoms with Gasteiger partial charge < -0.3 is 15.6 Å². The molecule has 1 aliphatic rings. The smallest absolute Gasteiger partial charge is 0.257 e. The zero-order valence-corrected chi connectivity index (χ0v) is 14.6. The average Bonchev–Trinajstić information content (AvgIpc) is 2.96. The lowest BCUT2D eigenvalue weighted by molar-refractivity contribution is -0.124. The predicted molar refractivity (Wildman–Crippen MR) is 95.5 cm³/mol. The molecule has 138 valence electrons. The number of rotatable bonds is 4. The van der Waals surface area contributed by atoms with Crippen LogP contribution in [-0.4, -0.2) is 53.9 Å². The zero-order chi connectivity index (χ0) is 18.8. The second kappa shape index (κ2) is 7.25. The molecular formula is C18H21FN4O3. The third kappa shape index (κ3) is 3.45. The van der Waals surface area contributed by atoms with Crippen molar-refractivity contribution in [3.63, 3.8) is 0 Å². The number of halogens is 1. The summed E-state index contributed by atoms with van der Waals surface area (Å²) in [4.78, 5) is 41.8. The quantitative estimate of drug-likeness (QED) is 0.744. The number of amides is 2. The Bertz CT molecular complexity index is 911. The fourth-order valence-corrected chi connectivity index (χ4v) is 3.33. The summed E-state index contributed by atoms with van der Waals surface area (Å²) >= 11 is 0. The molecule has 2 amide bonds. The number of carbonyl (C=O) groups excluding carboxylic acids is 2. The molecule has 1 saturated heterocycles. The molecule has 0 aliphatic carbocycles. The van der Waals surface area contributed by atoms with Crippen LogP contribution in [0, 0.1) is 5.82 Å². The van der Waals surface area contributed by atoms with Crippen molar-refractivity contribution in [2.24, 2.45) is 0 Å². The van der Waals surface area contributed by atoms with E-state index in [1.54, 1.807) is 0 Å². The highest BCUT2D eigenvalue weighted by atomic mass is 19.1. The molecule has 1 aromatic carbocycles. The molecule has 0 unspecified atom stereocenters. The number of likely N-dealkylation sites (N-methyl/N-ethyl adjacent to an activating group) is 2. The molecule has 0 bridgehead atoms. The van der Waals surface area contributed by atoms with Crippen LogP contribution in [0.3, 0.4) is 0 Å². The number of nitrogens with zero attached hydrogens (tertiary/aromatic N) is 1. The van der Waals surface area contributed by atoms with Gasteiger partial charge in [0.15, 0.2) is 0 Å². The highest BCUT2D eigenvalue weighted by molar-refractivity contribution is 5.97. The number of nitrogens with one attached hydrogen (secondary N) is 3. The molecule has 26 heavy (non-hydrogen) atoms. The lowest BCUT2D eigenvalue weighted by atomic mass is 10.1. The molecule has 8 heteroatoms. The summed E-state index contributed by atoms with van der Waals surface area (Å²) in [5.74, 6) is -1.15. The predicted octanol–water partition coefficient (Wildman–Crippen LogP) is 0.606. The molecule has 1 fully saturated rings. The minimum atomic E-state index is -0.539. The lowest BCUT2D eigenvalue weighted by Crippen LogP contribution is -2.41. The molecule has 3 N–H and O–H groups in total. The maximum Gasteiger partial charge on any atom is 0.257 e. The molecule has 0 spiro atoms. The number of hydrogen-bond acceptors (Lipinski definition) is 4. The van der Waals surface area contributed by atoms with E-state index < -0.39 is 17.2 Å². The molecule has 2 heterocycles. The summed E-state index contributed by atoms with van der Waals surface area (Å²) in [5.41, 5.74) is -0.139. The van der Waals surface area contributed by atoms with Gasteiger partial charge >= 0.3 is 0 Å². The number of aromatic amines is 1. The van der Waals surface area contributed by atoms with Gasteiger partial charge in [0.05, 0.1) is 6.04 Å². The molecule has 2 atom stereocenters. The van der Waals surface area contributed by atoms with Gasteiger partial charge in [-0.25, -0.2) is 4.39 Å². The van der Waals surface area contributed by atoms with Crippen LogP contribution >= 0.6 is 0 Å². The van der Waals surface area contributed by atoms with Crippen LogP contribution < -0.4 is 16.1 Å². The van der Waals surface area contributed by atoms with E-state index in [0.29, 0.717) is 25.0 Å². The number of aromatic nitrogens is 1. The maximum absolute atomic E-state index is 13.4. The van der Waals surface area contributed by atoms with Gasteiger partial charge in [-0.15, -0.1) is 0 Å². The average molecular weight is 360 g/mol. The molecule has 3 rings (SSSR count). The summed E-state index contributed by atoms with van der Waals surface area (Å²) in [6.45, 7) is 2.90. The third-order valence-electron chi connectivity index (χ3n) is 4.62. The van der Waals surface area contributed by atoms with Gasteiger partial charge in [-0.1, -0.05) is 0 Å². The number of benzene rings is 1. The number of likely N-dealkylation sites (tertiary alicyclic amines) is 1. The number of fused-ring (bicyclic) bond motifs is 1. The van der Waals surface area contributed by atoms with Crippen molar-refractivity contribution in [3.05, 3.63) is 46.0 Å². The summed E-state index contributed by atoms with van der Waals surface area (Å²) in [6.07, 6.45) is 1.80. The van der Waals surface area contributed by atoms with E-state index in [2.05, 4.69) is 15.6 Å². The van der Waals surface area contributed by atoms with Gasteiger partial charge in [-0.2, -0.15) is 0 Å². The second-order valence-corrected chi connectivity index (χ2v) is 6.48. The monoisotopic (exact) mass is 360 g/mol. The Labute approximate surface area is 149 Å². The first kappa shape index (κ1) is 18.1. The molecule has 0 saturated carbocycles. The number of pyridine rings is 1. The minimum Gasteiger partial charge on any atom is -0.360 e. The van der Waals surface area contributed by atoms with E-state index in [4.69, 9.17) is 0 Å². The first-order valence-electron chi connectivity index (χ1n) is 8.50. The van der Waals surface area contributed by atoms with Crippen LogP contribution in [0.25, 0.3) is 10.9 Å². The van der Waals surface area contributed by atoms with Gasteiger partial charge in [0.2, 0.25) is 11.3 Å². The first-order valence-corrected chi connectivity index (χ1v) is 8.50. The SMILES string of the molecule is CCNC(=O)[C@@H]1C[C@H](NC(=O)c2c[nH]c3ccc(F)cc3c2=O)CN1C. The van der Waals surface area contributed by atoms with Gasteiger partial charge in [0, 0.05) is 36.2 Å². The van der Waals surface area contributed by atoms with Crippen LogP contribution in [0.5, 0.6) is 0 Å². The van der Waals surface area contributed by atoms with E-state index >= 15 is 0 Å². The number of carbonyl (C=O) groups is 2. The highest BCUT2D eigenvalue weighted by Crippen LogP contribution is 2.17. The Kier molecular flexibility index (Phi) is 5.03. The molecule has 7 nitrogen and oxygen atoms in total. The van der Waals surface area contributed by atoms with Gasteiger partial charge in [-0.3, -0.25) is 19.3 Å². The van der Waals surface area contributed by atoms with Crippen LogP contribution in [0.2, 0.25) is 0 Å². The van der Waals surface area contributed by atoms with E-state index in [9.17, 15) is 18.8 Å². The summed E-state index contributed by atoms with van der Waals surface area (Å²) < 4.78 is 13.4. The Morgan fingerprint density at radius 3 is 2.88 bits per heavy atom. The van der Waals surface area contributed by atoms with E-state index in [-0.39, 0.29) is 28.9 Å². The topological polar surface area (TPSA) is 94.3 Å². The molecule has 0 radical (unpaired) electrons. The molecule has 2 aromatic rings. The fraction of sp³-hybridized carbons (Fsp3) is 0.389. The van der Waals surface area contributed by atoms with Crippen molar-refractivity contribution in [2.45, 2.75) is 25.4 Å². The van der Waals surface area contributed by atoms with Crippen molar-refractivity contribution >= 4 is 22.7 Å². The first-order chi connectivity index (χ1) is 12.4. The van der Waals surface area contributed by atoms with E-state index in [1.807, 2.05) is 18.9 Å². The van der Waals surface area contributed by atoms with Gasteiger partial charge in [-0.05, 0) is 38.6 Å². The largest absolute Gasteiger partial charge is 0.360 e. The Morgan fingerprint density at radius 1 is 1.38 bits per heavy atom. The summed E-state index contributed by atoms with van der Waals surface area (Å²) in [5, 5.41) is 5.70. The highest BCUT2D eigenvalue weighted by Gasteiger charge is 2.35. The Morgan fingerprint density at radius 2 is 2.15 bits per heavy atom. The van der Waals surface area contributed by atoms with Crippen LogP contribution in [0.15, 0.2) is 29.2 Å². The van der Waals surface area contributed by atoms with Gasteiger partial charge in [0.1, 0.15) is 11.4 Å². The maximum atomic E-state index is 13.4. The Balaban J connectivity index is 1.77. The number of hydrogen-bond donors (Lipinski definition) is 3. The normalized spacial score (nSPS) is 20.3. The second-order valence-electron chi connectivity index (χ2n) is 6.48. The standard InChI is InChI=1S/C18H21FN4O3/c1-3-20-18(26)15-7-11(9-23(15)2)22-17(25)13-8-21-14-5-4-10(19)6-12(14)16(13)24/h4-6,8,11,15H,3,7,9H2,1-2H3,(H,20,26)(H,21,24)(H,22,25)/t11-,15-/m0/s1. The fourth-order valence-electron chi connectivity index (χ4n) is 3.33. The van der Waals surface area contributed by atoms with Crippen molar-refractivity contribution < 1.29 is 14.0 Å². The van der Waals surface area contributed by atoms with E-state index in [1.165, 1.54) is 18.3 Å². The summed E-state index contributed by atoms with van der Waals surface area (Å²) in [7, 11) is 1.82. The van der Waals surface area contributed by atoms with Crippen molar-refractivity contribution in [1.82, 2.24) is 20.5 Å². The molecule has 1 aromatic heterocycles. The van der Waals surface area contributed by atoms with Crippen LogP contribution in [0.1, 0.15) is 23.7 Å². The van der Waals surface area contributed by atoms with Crippen molar-refractivity contribution in [1.29, 1.82) is 0 Å².